The third-order valence-electron chi connectivity index (χ3n) is 3.26. The van der Waals surface area contributed by atoms with Gasteiger partial charge >= 0.3 is 5.97 Å². The first-order valence-corrected chi connectivity index (χ1v) is 8.79. The van der Waals surface area contributed by atoms with Gasteiger partial charge in [-0.15, -0.1) is 22.7 Å². The number of thiophene rings is 1. The number of hydrogen-bond acceptors (Lipinski definition) is 6. The Morgan fingerprint density at radius 1 is 1.38 bits per heavy atom. The molecule has 0 aliphatic carbocycles. The Morgan fingerprint density at radius 3 is 2.75 bits per heavy atom. The molecule has 0 aliphatic rings. The molecule has 3 aromatic heterocycles. The number of pyridine rings is 1. The normalized spacial score (nSPS) is 11.5. The van der Waals surface area contributed by atoms with Gasteiger partial charge in [-0.1, -0.05) is 6.07 Å². The van der Waals surface area contributed by atoms with E-state index < -0.39 is 11.6 Å². The third-order valence-corrected chi connectivity index (χ3v) is 4.94. The van der Waals surface area contributed by atoms with Crippen molar-refractivity contribution < 1.29 is 14.3 Å². The number of hydrogen-bond donors (Lipinski definition) is 2. The van der Waals surface area contributed by atoms with Crippen LogP contribution in [0.2, 0.25) is 0 Å². The van der Waals surface area contributed by atoms with E-state index in [0.29, 0.717) is 10.8 Å². The molecule has 5 nitrogen and oxygen atoms in total. The van der Waals surface area contributed by atoms with Gasteiger partial charge in [-0.2, -0.15) is 0 Å². The van der Waals surface area contributed by atoms with E-state index in [0.717, 1.165) is 10.4 Å². The van der Waals surface area contributed by atoms with Gasteiger partial charge in [-0.05, 0) is 31.4 Å². The average Bonchev–Trinajstić information content (AvgIpc) is 3.18. The van der Waals surface area contributed by atoms with Crippen LogP contribution in [0.5, 0.6) is 0 Å². The summed E-state index contributed by atoms with van der Waals surface area (Å²) in [5.41, 5.74) is -0.486. The number of alkyl halides is 1. The average molecular weight is 363 g/mol. The van der Waals surface area contributed by atoms with Gasteiger partial charge in [0.25, 0.3) is 0 Å². The monoisotopic (exact) mass is 363 g/mol. The Labute approximate surface area is 145 Å². The van der Waals surface area contributed by atoms with Crippen molar-refractivity contribution in [2.45, 2.75) is 19.5 Å². The number of halogens is 1. The lowest BCUT2D eigenvalue weighted by atomic mass is 10.1. The van der Waals surface area contributed by atoms with Crippen LogP contribution in [-0.4, -0.2) is 21.0 Å². The van der Waals surface area contributed by atoms with Crippen LogP contribution < -0.4 is 5.32 Å². The van der Waals surface area contributed by atoms with E-state index in [9.17, 15) is 14.3 Å². The number of thiazole rings is 1. The molecule has 0 radical (unpaired) electrons. The molecule has 3 rings (SSSR count). The number of carbonyl (C=O) groups is 1. The molecule has 0 unspecified atom stereocenters. The second-order valence-electron chi connectivity index (χ2n) is 5.54. The second kappa shape index (κ2) is 6.29. The van der Waals surface area contributed by atoms with E-state index in [2.05, 4.69) is 15.3 Å². The first-order chi connectivity index (χ1) is 11.3. The van der Waals surface area contributed by atoms with Crippen molar-refractivity contribution in [3.63, 3.8) is 0 Å². The molecule has 124 valence electrons. The van der Waals surface area contributed by atoms with E-state index >= 15 is 0 Å². The number of anilines is 2. The molecule has 0 saturated carbocycles. The van der Waals surface area contributed by atoms with Crippen LogP contribution in [0.1, 0.15) is 29.9 Å². The summed E-state index contributed by atoms with van der Waals surface area (Å²) >= 11 is 2.71. The summed E-state index contributed by atoms with van der Waals surface area (Å²) in [4.78, 5) is 20.8. The summed E-state index contributed by atoms with van der Waals surface area (Å²) in [6, 6.07) is 5.36. The fraction of sp³-hybridized carbons (Fsp3) is 0.188. The number of carboxylic acids is 1. The van der Waals surface area contributed by atoms with Crippen LogP contribution in [-0.2, 0) is 5.67 Å². The van der Waals surface area contributed by atoms with E-state index in [-0.39, 0.29) is 11.4 Å². The Bertz CT molecular complexity index is 870. The summed E-state index contributed by atoms with van der Waals surface area (Å²) in [5.74, 6) is -0.911. The Morgan fingerprint density at radius 2 is 2.17 bits per heavy atom. The van der Waals surface area contributed by atoms with Crippen LogP contribution in [0.4, 0.5) is 15.3 Å². The largest absolute Gasteiger partial charge is 0.478 e. The highest BCUT2D eigenvalue weighted by atomic mass is 32.1. The zero-order valence-corrected chi connectivity index (χ0v) is 14.5. The lowest BCUT2D eigenvalue weighted by molar-refractivity contribution is 0.0697. The number of rotatable bonds is 5. The quantitative estimate of drug-likeness (QED) is 0.673. The minimum atomic E-state index is -1.55. The number of aromatic carboxylic acids is 1. The zero-order valence-electron chi connectivity index (χ0n) is 12.9. The highest BCUT2D eigenvalue weighted by Gasteiger charge is 2.23. The summed E-state index contributed by atoms with van der Waals surface area (Å²) in [6.45, 7) is 2.84. The highest BCUT2D eigenvalue weighted by Crippen LogP contribution is 2.31. The molecule has 3 heterocycles. The topological polar surface area (TPSA) is 75.1 Å². The third kappa shape index (κ3) is 3.44. The van der Waals surface area contributed by atoms with E-state index in [4.69, 9.17) is 0 Å². The molecule has 0 spiro atoms. The molecule has 0 bridgehead atoms. The molecular weight excluding hydrogens is 349 g/mol. The molecule has 0 aliphatic heterocycles. The zero-order chi connectivity index (χ0) is 17.3. The van der Waals surface area contributed by atoms with Crippen molar-refractivity contribution in [2.75, 3.05) is 5.32 Å². The minimum absolute atomic E-state index is 0.0390. The van der Waals surface area contributed by atoms with Crippen LogP contribution >= 0.6 is 22.7 Å². The molecule has 2 N–H and O–H groups in total. The molecule has 0 aromatic carbocycles. The summed E-state index contributed by atoms with van der Waals surface area (Å²) in [6.07, 6.45) is 1.61. The molecule has 0 fully saturated rings. The van der Waals surface area contributed by atoms with Gasteiger partial charge in [0.1, 0.15) is 17.1 Å². The fourth-order valence-electron chi connectivity index (χ4n) is 2.01. The molecule has 8 heteroatoms. The van der Waals surface area contributed by atoms with Gasteiger partial charge in [-0.3, -0.25) is 0 Å². The molecule has 0 amide bonds. The van der Waals surface area contributed by atoms with Crippen LogP contribution in [0.3, 0.4) is 0 Å². The Kier molecular flexibility index (Phi) is 4.33. The van der Waals surface area contributed by atoms with Gasteiger partial charge in [0, 0.05) is 22.0 Å². The summed E-state index contributed by atoms with van der Waals surface area (Å²) in [7, 11) is 0. The Balaban J connectivity index is 1.93. The predicted octanol–water partition coefficient (Wildman–Crippen LogP) is 4.91. The maximum atomic E-state index is 13.9. The van der Waals surface area contributed by atoms with Crippen molar-refractivity contribution in [1.82, 2.24) is 9.97 Å². The lowest BCUT2D eigenvalue weighted by Crippen LogP contribution is -2.10. The van der Waals surface area contributed by atoms with Gasteiger partial charge < -0.3 is 10.4 Å². The first kappa shape index (κ1) is 16.5. The van der Waals surface area contributed by atoms with Gasteiger partial charge in [-0.25, -0.2) is 19.2 Å². The van der Waals surface area contributed by atoms with Crippen molar-refractivity contribution in [3.8, 4) is 10.4 Å². The van der Waals surface area contributed by atoms with Crippen molar-refractivity contribution in [1.29, 1.82) is 0 Å². The van der Waals surface area contributed by atoms with Gasteiger partial charge in [0.15, 0.2) is 5.13 Å². The molecule has 0 atom stereocenters. The predicted molar refractivity (Wildman–Crippen MR) is 94.0 cm³/mol. The molecule has 3 aromatic rings. The van der Waals surface area contributed by atoms with Crippen molar-refractivity contribution in [3.05, 3.63) is 46.4 Å². The molecular formula is C16H14FN3O2S2. The number of aromatic nitrogens is 2. The first-order valence-electron chi connectivity index (χ1n) is 7.04. The lowest BCUT2D eigenvalue weighted by Gasteiger charge is -2.10. The maximum absolute atomic E-state index is 13.9. The SMILES string of the molecule is CC(C)(F)c1csc(Nc2ncc(-c3cccs3)cc2C(=O)O)n1. The van der Waals surface area contributed by atoms with Gasteiger partial charge in [0.2, 0.25) is 0 Å². The Hall–Kier alpha value is -2.32. The summed E-state index contributed by atoms with van der Waals surface area (Å²) in [5, 5.41) is 16.2. The van der Waals surface area contributed by atoms with Crippen molar-refractivity contribution >= 4 is 39.6 Å². The number of nitrogens with zero attached hydrogens (tertiary/aromatic N) is 2. The smallest absolute Gasteiger partial charge is 0.339 e. The van der Waals surface area contributed by atoms with E-state index in [1.54, 1.807) is 17.6 Å². The van der Waals surface area contributed by atoms with E-state index in [1.165, 1.54) is 36.5 Å². The number of nitrogens with one attached hydrogen (secondary N) is 1. The fourth-order valence-corrected chi connectivity index (χ4v) is 3.58. The molecule has 24 heavy (non-hydrogen) atoms. The van der Waals surface area contributed by atoms with Gasteiger partial charge in [0.05, 0.1) is 5.69 Å². The summed E-state index contributed by atoms with van der Waals surface area (Å²) < 4.78 is 13.9. The van der Waals surface area contributed by atoms with E-state index in [1.807, 2.05) is 17.5 Å². The standard InChI is InChI=1S/C16H14FN3O2S2/c1-16(2,17)12-8-24-15(19-12)20-13-10(14(21)22)6-9(7-18-13)11-4-3-5-23-11/h3-8H,1-2H3,(H,21,22)(H,18,19,20). The number of carboxylic acid groups (broad SMARTS) is 1. The maximum Gasteiger partial charge on any atom is 0.339 e. The van der Waals surface area contributed by atoms with Crippen molar-refractivity contribution in [2.24, 2.45) is 0 Å². The second-order valence-corrected chi connectivity index (χ2v) is 7.34. The van der Waals surface area contributed by atoms with Crippen LogP contribution in [0, 0.1) is 0 Å². The minimum Gasteiger partial charge on any atom is -0.478 e. The van der Waals surface area contributed by atoms with Crippen LogP contribution in [0.25, 0.3) is 10.4 Å². The highest BCUT2D eigenvalue weighted by molar-refractivity contribution is 7.14. The van der Waals surface area contributed by atoms with Crippen LogP contribution in [0.15, 0.2) is 35.2 Å². The molecule has 0 saturated heterocycles.